The first-order valence-corrected chi connectivity index (χ1v) is 13.0. The summed E-state index contributed by atoms with van der Waals surface area (Å²) < 4.78 is 17.0. The molecule has 7 nitrogen and oxygen atoms in total. The van der Waals surface area contributed by atoms with E-state index < -0.39 is 5.97 Å². The van der Waals surface area contributed by atoms with E-state index in [4.69, 9.17) is 25.8 Å². The maximum atomic E-state index is 12.9. The van der Waals surface area contributed by atoms with Crippen LogP contribution >= 0.6 is 39.3 Å². The lowest BCUT2D eigenvalue weighted by Crippen LogP contribution is -2.23. The Morgan fingerprint density at radius 3 is 2.65 bits per heavy atom. The molecule has 1 amide bonds. The fourth-order valence-electron chi connectivity index (χ4n) is 3.46. The number of carbonyl (C=O) groups is 2. The van der Waals surface area contributed by atoms with Crippen molar-refractivity contribution in [3.63, 3.8) is 0 Å². The van der Waals surface area contributed by atoms with E-state index in [1.807, 2.05) is 30.3 Å². The number of benzene rings is 3. The van der Waals surface area contributed by atoms with E-state index in [0.29, 0.717) is 42.3 Å². The van der Waals surface area contributed by atoms with Gasteiger partial charge in [0.05, 0.1) is 34.8 Å². The zero-order valence-corrected chi connectivity index (χ0v) is 23.3. The summed E-state index contributed by atoms with van der Waals surface area (Å²) in [7, 11) is 4.53. The Bertz CT molecular complexity index is 1430. The number of thioether (sulfide) groups is 1. The monoisotopic (exact) mass is 600 g/mol. The van der Waals surface area contributed by atoms with E-state index >= 15 is 0 Å². The van der Waals surface area contributed by atoms with Gasteiger partial charge >= 0.3 is 5.97 Å². The Balaban J connectivity index is 1.57. The average Bonchev–Trinajstić information content (AvgIpc) is 3.15. The molecule has 0 saturated carbocycles. The van der Waals surface area contributed by atoms with Gasteiger partial charge in [-0.3, -0.25) is 9.69 Å². The van der Waals surface area contributed by atoms with Crippen LogP contribution in [-0.4, -0.2) is 43.2 Å². The van der Waals surface area contributed by atoms with E-state index in [1.165, 1.54) is 23.8 Å². The summed E-state index contributed by atoms with van der Waals surface area (Å²) in [6.45, 7) is 0.269. The molecule has 1 fully saturated rings. The fourth-order valence-corrected chi connectivity index (χ4v) is 5.21. The highest BCUT2D eigenvalue weighted by Crippen LogP contribution is 2.40. The summed E-state index contributed by atoms with van der Waals surface area (Å²) in [4.78, 5) is 31.3. The second-order valence-electron chi connectivity index (χ2n) is 7.83. The number of amides is 1. The molecule has 1 heterocycles. The number of hydrogen-bond acceptors (Lipinski definition) is 7. The molecule has 4 rings (SSSR count). The molecule has 1 saturated heterocycles. The van der Waals surface area contributed by atoms with Crippen LogP contribution in [0.25, 0.3) is 6.08 Å². The van der Waals surface area contributed by atoms with E-state index in [2.05, 4.69) is 20.9 Å². The SMILES string of the molecule is COC(=O)c1cccc(N=C2SC(=Cc3cc(Br)c(OCc4ccccc4Cl)c(OC)c3)C(=O)N2C)c1. The molecule has 0 aliphatic carbocycles. The number of carbonyl (C=O) groups excluding carboxylic acids is 2. The van der Waals surface area contributed by atoms with Gasteiger partial charge in [-0.15, -0.1) is 0 Å². The minimum Gasteiger partial charge on any atom is -0.493 e. The molecule has 0 aromatic heterocycles. The highest BCUT2D eigenvalue weighted by Gasteiger charge is 2.30. The van der Waals surface area contributed by atoms with Crippen molar-refractivity contribution in [2.45, 2.75) is 6.61 Å². The zero-order valence-electron chi connectivity index (χ0n) is 20.2. The minimum atomic E-state index is -0.454. The molecule has 3 aromatic carbocycles. The highest BCUT2D eigenvalue weighted by molar-refractivity contribution is 9.10. The van der Waals surface area contributed by atoms with Crippen LogP contribution in [-0.2, 0) is 16.1 Å². The van der Waals surface area contributed by atoms with Gasteiger partial charge in [0.2, 0.25) is 0 Å². The van der Waals surface area contributed by atoms with Crippen molar-refractivity contribution < 1.29 is 23.8 Å². The van der Waals surface area contributed by atoms with Crippen LogP contribution in [0.1, 0.15) is 21.5 Å². The molecule has 0 atom stereocenters. The van der Waals surface area contributed by atoms with Crippen molar-refractivity contribution >= 4 is 68.1 Å². The summed E-state index contributed by atoms with van der Waals surface area (Å²) in [6.07, 6.45) is 1.77. The zero-order chi connectivity index (χ0) is 26.5. The third-order valence-corrected chi connectivity index (χ3v) is 7.39. The largest absolute Gasteiger partial charge is 0.493 e. The molecular formula is C27H22BrClN2O5S. The van der Waals surface area contributed by atoms with Crippen LogP contribution in [0.2, 0.25) is 5.02 Å². The van der Waals surface area contributed by atoms with Crippen molar-refractivity contribution in [2.24, 2.45) is 4.99 Å². The first-order valence-electron chi connectivity index (χ1n) is 11.0. The van der Waals surface area contributed by atoms with Gasteiger partial charge in [0, 0.05) is 17.6 Å². The van der Waals surface area contributed by atoms with Crippen LogP contribution in [0.5, 0.6) is 11.5 Å². The lowest BCUT2D eigenvalue weighted by molar-refractivity contribution is -0.121. The highest BCUT2D eigenvalue weighted by atomic mass is 79.9. The molecule has 0 bridgehead atoms. The molecular weight excluding hydrogens is 580 g/mol. The molecule has 1 aliphatic heterocycles. The van der Waals surface area contributed by atoms with E-state index in [9.17, 15) is 9.59 Å². The molecule has 37 heavy (non-hydrogen) atoms. The standard InChI is InChI=1S/C27H22BrClN2O5S/c1-31-25(32)23(37-27(31)30-19-9-6-8-17(14-19)26(33)35-3)13-16-11-20(28)24(22(12-16)34-2)36-15-18-7-4-5-10-21(18)29/h4-14H,15H2,1-3H3. The molecule has 10 heteroatoms. The predicted octanol–water partition coefficient (Wildman–Crippen LogP) is 6.71. The number of rotatable bonds is 7. The number of nitrogens with zero attached hydrogens (tertiary/aromatic N) is 2. The molecule has 0 spiro atoms. The van der Waals surface area contributed by atoms with Gasteiger partial charge in [-0.1, -0.05) is 35.9 Å². The van der Waals surface area contributed by atoms with Crippen LogP contribution in [0.4, 0.5) is 5.69 Å². The normalized spacial score (nSPS) is 15.4. The third-order valence-electron chi connectivity index (χ3n) is 5.37. The summed E-state index contributed by atoms with van der Waals surface area (Å²) in [5, 5.41) is 1.11. The maximum absolute atomic E-state index is 12.9. The lowest BCUT2D eigenvalue weighted by Gasteiger charge is -2.14. The Kier molecular flexibility index (Phi) is 8.58. The number of likely N-dealkylation sites (N-methyl/N-ethyl adjacent to an activating group) is 1. The topological polar surface area (TPSA) is 77.4 Å². The second-order valence-corrected chi connectivity index (χ2v) is 10.1. The molecule has 0 radical (unpaired) electrons. The molecule has 1 aliphatic rings. The second kappa shape index (κ2) is 11.9. The minimum absolute atomic E-state index is 0.193. The Morgan fingerprint density at radius 1 is 1.14 bits per heavy atom. The summed E-state index contributed by atoms with van der Waals surface area (Å²) in [5.41, 5.74) is 2.51. The van der Waals surface area contributed by atoms with Crippen molar-refractivity contribution in [1.82, 2.24) is 4.90 Å². The Labute approximate surface area is 232 Å². The van der Waals surface area contributed by atoms with Gasteiger partial charge in [-0.25, -0.2) is 9.79 Å². The molecule has 3 aromatic rings. The van der Waals surface area contributed by atoms with Gasteiger partial charge < -0.3 is 14.2 Å². The number of methoxy groups -OCH3 is 2. The number of amidine groups is 1. The van der Waals surface area contributed by atoms with Gasteiger partial charge in [0.1, 0.15) is 6.61 Å². The van der Waals surface area contributed by atoms with Crippen molar-refractivity contribution in [3.8, 4) is 11.5 Å². The van der Waals surface area contributed by atoms with E-state index in [1.54, 1.807) is 50.6 Å². The molecule has 0 N–H and O–H groups in total. The summed E-state index contributed by atoms with van der Waals surface area (Å²) >= 11 is 11.0. The molecule has 0 unspecified atom stereocenters. The number of hydrogen-bond donors (Lipinski definition) is 0. The van der Waals surface area contributed by atoms with Gasteiger partial charge in [-0.2, -0.15) is 0 Å². The average molecular weight is 602 g/mol. The predicted molar refractivity (Wildman–Crippen MR) is 150 cm³/mol. The Hall–Kier alpha value is -3.27. The summed E-state index contributed by atoms with van der Waals surface area (Å²) in [6, 6.07) is 17.8. The van der Waals surface area contributed by atoms with Crippen molar-refractivity contribution in [1.29, 1.82) is 0 Å². The lowest BCUT2D eigenvalue weighted by atomic mass is 10.1. The van der Waals surface area contributed by atoms with Crippen LogP contribution in [0.15, 0.2) is 75.0 Å². The number of esters is 1. The first-order chi connectivity index (χ1) is 17.8. The number of ether oxygens (including phenoxy) is 3. The quantitative estimate of drug-likeness (QED) is 0.221. The third kappa shape index (κ3) is 6.18. The van der Waals surface area contributed by atoms with E-state index in [0.717, 1.165) is 11.1 Å². The van der Waals surface area contributed by atoms with Crippen LogP contribution in [0.3, 0.4) is 0 Å². The van der Waals surface area contributed by atoms with Crippen LogP contribution in [0, 0.1) is 0 Å². The number of aliphatic imine (C=N–C) groups is 1. The number of halogens is 2. The molecule has 190 valence electrons. The van der Waals surface area contributed by atoms with Gasteiger partial charge in [0.25, 0.3) is 5.91 Å². The first kappa shape index (κ1) is 26.8. The van der Waals surface area contributed by atoms with Gasteiger partial charge in [-0.05, 0) is 75.7 Å². The smallest absolute Gasteiger partial charge is 0.337 e. The maximum Gasteiger partial charge on any atom is 0.337 e. The summed E-state index contributed by atoms with van der Waals surface area (Å²) in [5.74, 6) is 0.386. The van der Waals surface area contributed by atoms with Crippen molar-refractivity contribution in [3.05, 3.63) is 91.8 Å². The van der Waals surface area contributed by atoms with Crippen molar-refractivity contribution in [2.75, 3.05) is 21.3 Å². The van der Waals surface area contributed by atoms with Gasteiger partial charge in [0.15, 0.2) is 16.7 Å². The fraction of sp³-hybridized carbons (Fsp3) is 0.148. The van der Waals surface area contributed by atoms with E-state index in [-0.39, 0.29) is 12.5 Å². The van der Waals surface area contributed by atoms with Crippen LogP contribution < -0.4 is 9.47 Å². The Morgan fingerprint density at radius 2 is 1.92 bits per heavy atom.